The predicted octanol–water partition coefficient (Wildman–Crippen LogP) is 2.89. The van der Waals surface area contributed by atoms with Gasteiger partial charge in [-0.2, -0.15) is 0 Å². The van der Waals surface area contributed by atoms with Crippen LogP contribution in [-0.4, -0.2) is 69.4 Å². The summed E-state index contributed by atoms with van der Waals surface area (Å²) in [6.45, 7) is 6.19. The van der Waals surface area contributed by atoms with Crippen molar-refractivity contribution in [3.63, 3.8) is 0 Å². The van der Waals surface area contributed by atoms with Gasteiger partial charge in [0, 0.05) is 37.9 Å². The van der Waals surface area contributed by atoms with Gasteiger partial charge in [0.05, 0.1) is 26.4 Å². The Kier molecular flexibility index (Phi) is 10.1. The van der Waals surface area contributed by atoms with E-state index in [-0.39, 0.29) is 5.91 Å². The second kappa shape index (κ2) is 13.4. The van der Waals surface area contributed by atoms with Crippen molar-refractivity contribution in [1.29, 1.82) is 0 Å². The molecule has 7 heteroatoms. The molecule has 35 heavy (non-hydrogen) atoms. The lowest BCUT2D eigenvalue weighted by Gasteiger charge is -2.26. The third kappa shape index (κ3) is 8.08. The number of morpholine rings is 1. The van der Waals surface area contributed by atoms with Gasteiger partial charge in [-0.1, -0.05) is 36.1 Å². The molecule has 1 aliphatic rings. The van der Waals surface area contributed by atoms with Crippen molar-refractivity contribution >= 4 is 18.0 Å². The number of carbonyl (C=O) groups excluding carboxylic acids is 2. The zero-order valence-corrected chi connectivity index (χ0v) is 20.5. The van der Waals surface area contributed by atoms with Gasteiger partial charge in [-0.15, -0.1) is 0 Å². The van der Waals surface area contributed by atoms with E-state index >= 15 is 0 Å². The summed E-state index contributed by atoms with van der Waals surface area (Å²) < 4.78 is 15.3. The molecule has 0 radical (unpaired) electrons. The summed E-state index contributed by atoms with van der Waals surface area (Å²) in [4.78, 5) is 26.9. The van der Waals surface area contributed by atoms with E-state index in [4.69, 9.17) is 14.2 Å². The third-order valence-corrected chi connectivity index (χ3v) is 5.80. The highest BCUT2D eigenvalue weighted by Crippen LogP contribution is 2.11. The molecule has 2 aromatic carbocycles. The SMILES string of the molecule is COC(=O)[C@@H](NC(=O)c1ccc(C#C/C=C/c2ccc(CN3CCOCC3)cc2)cc1)[C@@H](C)OC. The van der Waals surface area contributed by atoms with Crippen molar-refractivity contribution in [3.8, 4) is 11.8 Å². The van der Waals surface area contributed by atoms with E-state index in [1.165, 1.54) is 19.8 Å². The number of methoxy groups -OCH3 is 2. The maximum Gasteiger partial charge on any atom is 0.331 e. The van der Waals surface area contributed by atoms with Crippen molar-refractivity contribution in [2.45, 2.75) is 25.6 Å². The topological polar surface area (TPSA) is 77.1 Å². The van der Waals surface area contributed by atoms with Gasteiger partial charge in [0.15, 0.2) is 6.04 Å². The van der Waals surface area contributed by atoms with Crippen LogP contribution in [0.3, 0.4) is 0 Å². The number of rotatable bonds is 8. The molecule has 1 N–H and O–H groups in total. The molecule has 3 rings (SSSR count). The first-order chi connectivity index (χ1) is 17.0. The Hall–Kier alpha value is -3.44. The van der Waals surface area contributed by atoms with Crippen LogP contribution in [0, 0.1) is 11.8 Å². The molecule has 1 heterocycles. The van der Waals surface area contributed by atoms with Crippen molar-refractivity contribution in [3.05, 3.63) is 76.9 Å². The maximum absolute atomic E-state index is 12.5. The Labute approximate surface area is 207 Å². The van der Waals surface area contributed by atoms with Gasteiger partial charge in [0.2, 0.25) is 0 Å². The molecule has 0 aliphatic carbocycles. The number of benzene rings is 2. The standard InChI is InChI=1S/C28H32N2O5/c1-21(33-2)26(28(32)34-3)29-27(31)25-14-12-23(13-15-25)7-5-4-6-22-8-10-24(11-9-22)20-30-16-18-35-19-17-30/h4,6,8-15,21,26H,16-20H2,1-3H3,(H,29,31)/b6-4+/t21-,26+/m1/s1. The smallest absolute Gasteiger partial charge is 0.331 e. The Morgan fingerprint density at radius 2 is 1.77 bits per heavy atom. The number of ether oxygens (including phenoxy) is 3. The van der Waals surface area contributed by atoms with Crippen LogP contribution in [0.25, 0.3) is 6.08 Å². The van der Waals surface area contributed by atoms with Crippen LogP contribution in [0.15, 0.2) is 54.6 Å². The minimum Gasteiger partial charge on any atom is -0.467 e. The van der Waals surface area contributed by atoms with E-state index in [1.54, 1.807) is 31.2 Å². The zero-order chi connectivity index (χ0) is 25.0. The van der Waals surface area contributed by atoms with Crippen molar-refractivity contribution in [2.24, 2.45) is 0 Å². The Morgan fingerprint density at radius 3 is 2.40 bits per heavy atom. The van der Waals surface area contributed by atoms with Gasteiger partial charge in [-0.05, 0) is 54.5 Å². The largest absolute Gasteiger partial charge is 0.467 e. The van der Waals surface area contributed by atoms with Crippen LogP contribution in [0.1, 0.15) is 34.0 Å². The molecule has 184 valence electrons. The number of esters is 1. The summed E-state index contributed by atoms with van der Waals surface area (Å²) in [6.07, 6.45) is 3.26. The molecule has 1 aliphatic heterocycles. The quantitative estimate of drug-likeness (QED) is 0.466. The minimum atomic E-state index is -0.893. The molecule has 0 unspecified atom stereocenters. The lowest BCUT2D eigenvalue weighted by molar-refractivity contribution is -0.146. The van der Waals surface area contributed by atoms with Crippen LogP contribution >= 0.6 is 0 Å². The molecule has 1 amide bonds. The van der Waals surface area contributed by atoms with Crippen LogP contribution in [-0.2, 0) is 25.5 Å². The third-order valence-electron chi connectivity index (χ3n) is 5.80. The lowest BCUT2D eigenvalue weighted by atomic mass is 10.1. The average Bonchev–Trinajstić information content (AvgIpc) is 2.90. The Morgan fingerprint density at radius 1 is 1.09 bits per heavy atom. The van der Waals surface area contributed by atoms with Gasteiger partial charge in [-0.25, -0.2) is 4.79 Å². The van der Waals surface area contributed by atoms with E-state index < -0.39 is 18.1 Å². The number of carbonyl (C=O) groups is 2. The fourth-order valence-electron chi connectivity index (χ4n) is 3.57. The molecule has 1 saturated heterocycles. The number of nitrogens with zero attached hydrogens (tertiary/aromatic N) is 1. The first kappa shape index (κ1) is 26.2. The molecule has 0 aromatic heterocycles. The van der Waals surface area contributed by atoms with Crippen LogP contribution in [0.4, 0.5) is 0 Å². The average molecular weight is 477 g/mol. The number of nitrogens with one attached hydrogen (secondary N) is 1. The zero-order valence-electron chi connectivity index (χ0n) is 20.5. The summed E-state index contributed by atoms with van der Waals surface area (Å²) in [6, 6.07) is 14.4. The molecule has 7 nitrogen and oxygen atoms in total. The monoisotopic (exact) mass is 476 g/mol. The Bertz CT molecular complexity index is 1060. The molecular weight excluding hydrogens is 444 g/mol. The summed E-state index contributed by atoms with van der Waals surface area (Å²) in [5.74, 6) is 5.14. The second-order valence-corrected chi connectivity index (χ2v) is 8.23. The van der Waals surface area contributed by atoms with Crippen LogP contribution in [0.5, 0.6) is 0 Å². The van der Waals surface area contributed by atoms with Crippen LogP contribution < -0.4 is 5.32 Å². The fourth-order valence-corrected chi connectivity index (χ4v) is 3.57. The first-order valence-electron chi connectivity index (χ1n) is 11.6. The highest BCUT2D eigenvalue weighted by Gasteiger charge is 2.28. The van der Waals surface area contributed by atoms with E-state index in [0.29, 0.717) is 5.56 Å². The second-order valence-electron chi connectivity index (χ2n) is 8.23. The maximum atomic E-state index is 12.5. The molecule has 2 aromatic rings. The summed E-state index contributed by atoms with van der Waals surface area (Å²) in [7, 11) is 2.74. The van der Waals surface area contributed by atoms with Gasteiger partial charge < -0.3 is 19.5 Å². The highest BCUT2D eigenvalue weighted by atomic mass is 16.5. The van der Waals surface area contributed by atoms with Crippen molar-refractivity contribution in [1.82, 2.24) is 10.2 Å². The summed E-state index contributed by atoms with van der Waals surface area (Å²) >= 11 is 0. The van der Waals surface area contributed by atoms with Crippen molar-refractivity contribution in [2.75, 3.05) is 40.5 Å². The van der Waals surface area contributed by atoms with Crippen molar-refractivity contribution < 1.29 is 23.8 Å². The molecule has 0 bridgehead atoms. The van der Waals surface area contributed by atoms with Gasteiger partial charge in [-0.3, -0.25) is 9.69 Å². The van der Waals surface area contributed by atoms with E-state index in [1.807, 2.05) is 12.2 Å². The van der Waals surface area contributed by atoms with E-state index in [0.717, 1.165) is 44.0 Å². The molecular formula is C28H32N2O5. The molecule has 0 saturated carbocycles. The summed E-state index contributed by atoms with van der Waals surface area (Å²) in [5, 5.41) is 2.66. The van der Waals surface area contributed by atoms with Gasteiger partial charge in [0.1, 0.15) is 0 Å². The van der Waals surface area contributed by atoms with Gasteiger partial charge in [0.25, 0.3) is 5.91 Å². The highest BCUT2D eigenvalue weighted by molar-refractivity contribution is 5.97. The van der Waals surface area contributed by atoms with Crippen LogP contribution in [0.2, 0.25) is 0 Å². The summed E-state index contributed by atoms with van der Waals surface area (Å²) in [5.41, 5.74) is 3.57. The number of allylic oxidation sites excluding steroid dienone is 1. The predicted molar refractivity (Wildman–Crippen MR) is 135 cm³/mol. The minimum absolute atomic E-state index is 0.388. The lowest BCUT2D eigenvalue weighted by Crippen LogP contribution is -2.48. The Balaban J connectivity index is 1.53. The number of hydrogen-bond donors (Lipinski definition) is 1. The van der Waals surface area contributed by atoms with E-state index in [2.05, 4.69) is 46.3 Å². The molecule has 2 atom stereocenters. The fraction of sp³-hybridized carbons (Fsp3) is 0.357. The molecule has 0 spiro atoms. The first-order valence-corrected chi connectivity index (χ1v) is 11.6. The van der Waals surface area contributed by atoms with Gasteiger partial charge >= 0.3 is 5.97 Å². The number of hydrogen-bond acceptors (Lipinski definition) is 6. The normalized spacial score (nSPS) is 15.6. The number of amides is 1. The van der Waals surface area contributed by atoms with E-state index in [9.17, 15) is 9.59 Å². The molecule has 1 fully saturated rings.